The molecule has 0 fully saturated rings. The van der Waals surface area contributed by atoms with Gasteiger partial charge in [-0.2, -0.15) is 0 Å². The summed E-state index contributed by atoms with van der Waals surface area (Å²) in [4.78, 5) is 28.7. The van der Waals surface area contributed by atoms with Gasteiger partial charge >= 0.3 is 5.97 Å². The fourth-order valence-electron chi connectivity index (χ4n) is 3.39. The first-order chi connectivity index (χ1) is 13.0. The highest BCUT2D eigenvalue weighted by Crippen LogP contribution is 2.43. The van der Waals surface area contributed by atoms with Crippen molar-refractivity contribution in [2.24, 2.45) is 4.99 Å². The van der Waals surface area contributed by atoms with E-state index in [1.165, 1.54) is 18.9 Å². The molecule has 7 heteroatoms. The molecule has 0 spiro atoms. The van der Waals surface area contributed by atoms with Crippen LogP contribution in [-0.2, 0) is 9.53 Å². The lowest BCUT2D eigenvalue weighted by atomic mass is 9.79. The van der Waals surface area contributed by atoms with Gasteiger partial charge in [-0.1, -0.05) is 54.6 Å². The first-order valence-electron chi connectivity index (χ1n) is 8.52. The summed E-state index contributed by atoms with van der Waals surface area (Å²) in [5, 5.41) is 12.2. The van der Waals surface area contributed by atoms with E-state index in [2.05, 4.69) is 0 Å². The zero-order valence-electron chi connectivity index (χ0n) is 15.1. The molecule has 140 valence electrons. The lowest BCUT2D eigenvalue weighted by Crippen LogP contribution is -2.47. The molecule has 1 heterocycles. The minimum atomic E-state index is -1.33. The fraction of sp³-hybridized carbons (Fsp3) is 0.300. The van der Waals surface area contributed by atoms with Crippen molar-refractivity contribution in [1.82, 2.24) is 0 Å². The highest BCUT2D eigenvalue weighted by Gasteiger charge is 2.53. The van der Waals surface area contributed by atoms with E-state index in [9.17, 15) is 14.9 Å². The molecule has 0 aliphatic carbocycles. The van der Waals surface area contributed by atoms with E-state index in [-0.39, 0.29) is 4.92 Å². The van der Waals surface area contributed by atoms with Crippen LogP contribution in [0.25, 0.3) is 0 Å². The summed E-state index contributed by atoms with van der Waals surface area (Å²) in [6.07, 6.45) is 0. The number of rotatable bonds is 6. The second-order valence-corrected chi connectivity index (χ2v) is 7.38. The third kappa shape index (κ3) is 3.73. The van der Waals surface area contributed by atoms with Crippen molar-refractivity contribution < 1.29 is 14.5 Å². The Kier molecular flexibility index (Phi) is 5.60. The number of aryl methyl sites for hydroxylation is 1. The predicted molar refractivity (Wildman–Crippen MR) is 106 cm³/mol. The molecular formula is C20H20N2O4S. The maximum Gasteiger partial charge on any atom is 0.335 e. The molecule has 1 aliphatic rings. The summed E-state index contributed by atoms with van der Waals surface area (Å²) in [5.41, 5.74) is 1.20. The smallest absolute Gasteiger partial charge is 0.335 e. The number of benzene rings is 2. The Morgan fingerprint density at radius 1 is 1.26 bits per heavy atom. The Morgan fingerprint density at radius 3 is 2.56 bits per heavy atom. The number of carbonyl (C=O) groups is 1. The number of carbonyl (C=O) groups excluding carboxylic acids is 1. The molecule has 0 saturated heterocycles. The van der Waals surface area contributed by atoms with Crippen LogP contribution in [0.15, 0.2) is 59.6 Å². The number of hydrogen-bond donors (Lipinski definition) is 0. The molecule has 2 aromatic rings. The summed E-state index contributed by atoms with van der Waals surface area (Å²) in [6, 6.07) is 16.9. The largest absolute Gasteiger partial charge is 0.467 e. The van der Waals surface area contributed by atoms with Gasteiger partial charge < -0.3 is 4.74 Å². The van der Waals surface area contributed by atoms with Gasteiger partial charge in [-0.25, -0.2) is 4.79 Å². The Balaban J connectivity index is 2.15. The molecular weight excluding hydrogens is 364 g/mol. The standard InChI is InChI=1S/C20H20N2O4S/c1-14-8-6-7-11-16(14)17(12-22(24)25)20(19(23)26-2)13-27-18(21-20)15-9-4-3-5-10-15/h3-11,17H,12-13H2,1-2H3/t17-,20+/m1/s1. The second kappa shape index (κ2) is 7.92. The molecule has 0 bridgehead atoms. The normalized spacial score (nSPS) is 20.0. The van der Waals surface area contributed by atoms with E-state index in [1.807, 2.05) is 61.5 Å². The van der Waals surface area contributed by atoms with E-state index < -0.39 is 24.0 Å². The lowest BCUT2D eigenvalue weighted by Gasteiger charge is -2.30. The molecule has 6 nitrogen and oxygen atoms in total. The highest BCUT2D eigenvalue weighted by atomic mass is 32.2. The number of hydrogen-bond acceptors (Lipinski definition) is 6. The molecule has 0 radical (unpaired) electrons. The Labute approximate surface area is 161 Å². The SMILES string of the molecule is COC(=O)[C@@]1([C@H](C[N+](=O)[O-])c2ccccc2C)CSC(c2ccccc2)=N1. The van der Waals surface area contributed by atoms with E-state index >= 15 is 0 Å². The summed E-state index contributed by atoms with van der Waals surface area (Å²) in [7, 11) is 1.30. The van der Waals surface area contributed by atoms with E-state index in [1.54, 1.807) is 0 Å². The van der Waals surface area contributed by atoms with Crippen LogP contribution in [0, 0.1) is 17.0 Å². The molecule has 0 amide bonds. The number of ether oxygens (including phenoxy) is 1. The molecule has 2 aromatic carbocycles. The van der Waals surface area contributed by atoms with E-state index in [4.69, 9.17) is 9.73 Å². The van der Waals surface area contributed by atoms with E-state index in [0.29, 0.717) is 10.8 Å². The van der Waals surface area contributed by atoms with Crippen molar-refractivity contribution in [3.63, 3.8) is 0 Å². The number of aliphatic imine (C=N–C) groups is 1. The van der Waals surface area contributed by atoms with Gasteiger partial charge in [0.1, 0.15) is 0 Å². The molecule has 0 aromatic heterocycles. The molecule has 0 unspecified atom stereocenters. The van der Waals surface area contributed by atoms with Gasteiger partial charge in [0.15, 0.2) is 5.54 Å². The van der Waals surface area contributed by atoms with Gasteiger partial charge in [0.05, 0.1) is 18.1 Å². The van der Waals surface area contributed by atoms with Gasteiger partial charge in [-0.05, 0) is 18.1 Å². The number of nitro groups is 1. The fourth-order valence-corrected chi connectivity index (χ4v) is 4.66. The van der Waals surface area contributed by atoms with Gasteiger partial charge in [0, 0.05) is 16.2 Å². The Hall–Kier alpha value is -2.67. The minimum Gasteiger partial charge on any atom is -0.467 e. The number of methoxy groups -OCH3 is 1. The maximum absolute atomic E-state index is 12.9. The molecule has 2 atom stereocenters. The highest BCUT2D eigenvalue weighted by molar-refractivity contribution is 8.14. The van der Waals surface area contributed by atoms with Crippen molar-refractivity contribution in [2.75, 3.05) is 19.4 Å². The van der Waals surface area contributed by atoms with Gasteiger partial charge in [0.25, 0.3) is 0 Å². The van der Waals surface area contributed by atoms with Crippen LogP contribution in [0.4, 0.5) is 0 Å². The lowest BCUT2D eigenvalue weighted by molar-refractivity contribution is -0.484. The Morgan fingerprint density at radius 2 is 1.93 bits per heavy atom. The van der Waals surface area contributed by atoms with Crippen LogP contribution in [0.2, 0.25) is 0 Å². The van der Waals surface area contributed by atoms with Gasteiger partial charge in [-0.15, -0.1) is 11.8 Å². The predicted octanol–water partition coefficient (Wildman–Crippen LogP) is 3.46. The first kappa shape index (κ1) is 19.1. The third-order valence-electron chi connectivity index (χ3n) is 4.76. The third-order valence-corrected chi connectivity index (χ3v) is 5.95. The summed E-state index contributed by atoms with van der Waals surface area (Å²) in [5.74, 6) is -0.956. The molecule has 27 heavy (non-hydrogen) atoms. The van der Waals surface area contributed by atoms with Crippen LogP contribution in [-0.4, -0.2) is 40.9 Å². The van der Waals surface area contributed by atoms with Gasteiger partial charge in [-0.3, -0.25) is 15.1 Å². The number of thioether (sulfide) groups is 1. The second-order valence-electron chi connectivity index (χ2n) is 6.41. The molecule has 3 rings (SSSR count). The van der Waals surface area contributed by atoms with Crippen LogP contribution in [0.5, 0.6) is 0 Å². The van der Waals surface area contributed by atoms with Crippen LogP contribution >= 0.6 is 11.8 Å². The van der Waals surface area contributed by atoms with Crippen LogP contribution < -0.4 is 0 Å². The van der Waals surface area contributed by atoms with Crippen LogP contribution in [0.1, 0.15) is 22.6 Å². The van der Waals surface area contributed by atoms with Gasteiger partial charge in [0.2, 0.25) is 6.54 Å². The molecule has 1 aliphatic heterocycles. The summed E-state index contributed by atoms with van der Waals surface area (Å²) >= 11 is 1.43. The molecule has 0 N–H and O–H groups in total. The maximum atomic E-state index is 12.9. The topological polar surface area (TPSA) is 81.8 Å². The van der Waals surface area contributed by atoms with Crippen molar-refractivity contribution in [1.29, 1.82) is 0 Å². The first-order valence-corrected chi connectivity index (χ1v) is 9.50. The van der Waals surface area contributed by atoms with Crippen molar-refractivity contribution in [3.05, 3.63) is 81.4 Å². The zero-order chi connectivity index (χ0) is 19.4. The number of nitrogens with zero attached hydrogens (tertiary/aromatic N) is 2. The average molecular weight is 384 g/mol. The van der Waals surface area contributed by atoms with Crippen molar-refractivity contribution in [3.8, 4) is 0 Å². The molecule has 0 saturated carbocycles. The monoisotopic (exact) mass is 384 g/mol. The van der Waals surface area contributed by atoms with E-state index in [0.717, 1.165) is 16.7 Å². The Bertz CT molecular complexity index is 885. The minimum absolute atomic E-state index is 0.302. The quantitative estimate of drug-likeness (QED) is 0.433. The van der Waals surface area contributed by atoms with Crippen molar-refractivity contribution >= 4 is 22.8 Å². The number of esters is 1. The van der Waals surface area contributed by atoms with Crippen LogP contribution in [0.3, 0.4) is 0 Å². The summed E-state index contributed by atoms with van der Waals surface area (Å²) in [6.45, 7) is 1.49. The van der Waals surface area contributed by atoms with Crippen molar-refractivity contribution in [2.45, 2.75) is 18.4 Å². The zero-order valence-corrected chi connectivity index (χ0v) is 15.9. The average Bonchev–Trinajstić information content (AvgIpc) is 3.13. The summed E-state index contributed by atoms with van der Waals surface area (Å²) < 4.78 is 5.06.